The maximum absolute atomic E-state index is 12.0. The summed E-state index contributed by atoms with van der Waals surface area (Å²) in [5, 5.41) is 0.638. The smallest absolute Gasteiger partial charge is 0.187 e. The first-order valence-electron chi connectivity index (χ1n) is 5.11. The average molecular weight is 282 g/mol. The number of carbonyl (C=O) groups excluding carboxylic acids is 1. The van der Waals surface area contributed by atoms with Gasteiger partial charge >= 0.3 is 0 Å². The molecule has 2 aromatic rings. The van der Waals surface area contributed by atoms with Crippen LogP contribution in [0.25, 0.3) is 0 Å². The SMILES string of the molecule is Nc1cc(CC(=O)c2ncc(Cl)cc2Cl)ccn1. The largest absolute Gasteiger partial charge is 0.384 e. The van der Waals surface area contributed by atoms with E-state index in [1.807, 2.05) is 0 Å². The van der Waals surface area contributed by atoms with Crippen molar-refractivity contribution in [2.45, 2.75) is 6.42 Å². The van der Waals surface area contributed by atoms with Crippen LogP contribution < -0.4 is 5.73 Å². The van der Waals surface area contributed by atoms with Gasteiger partial charge in [-0.25, -0.2) is 9.97 Å². The molecule has 0 amide bonds. The average Bonchev–Trinajstić information content (AvgIpc) is 2.28. The molecule has 0 fully saturated rings. The van der Waals surface area contributed by atoms with Gasteiger partial charge in [-0.2, -0.15) is 0 Å². The van der Waals surface area contributed by atoms with Crippen LogP contribution in [0.15, 0.2) is 30.6 Å². The summed E-state index contributed by atoms with van der Waals surface area (Å²) in [6.07, 6.45) is 3.11. The third kappa shape index (κ3) is 2.97. The highest BCUT2D eigenvalue weighted by molar-refractivity contribution is 6.36. The monoisotopic (exact) mass is 281 g/mol. The van der Waals surface area contributed by atoms with E-state index in [0.717, 1.165) is 5.56 Å². The Bertz CT molecular complexity index is 602. The summed E-state index contributed by atoms with van der Waals surface area (Å²) >= 11 is 11.6. The van der Waals surface area contributed by atoms with Gasteiger partial charge in [0.25, 0.3) is 0 Å². The summed E-state index contributed by atoms with van der Waals surface area (Å²) in [4.78, 5) is 19.8. The number of aromatic nitrogens is 2. The first-order valence-corrected chi connectivity index (χ1v) is 5.86. The zero-order chi connectivity index (χ0) is 13.1. The Kier molecular flexibility index (Phi) is 3.79. The molecular formula is C12H9Cl2N3O. The second-order valence-electron chi connectivity index (χ2n) is 3.67. The van der Waals surface area contributed by atoms with E-state index in [9.17, 15) is 4.79 Å². The lowest BCUT2D eigenvalue weighted by molar-refractivity contribution is 0.0988. The molecule has 2 rings (SSSR count). The number of hydrogen-bond acceptors (Lipinski definition) is 4. The summed E-state index contributed by atoms with van der Waals surface area (Å²) in [6.45, 7) is 0. The highest BCUT2D eigenvalue weighted by atomic mass is 35.5. The van der Waals surface area contributed by atoms with Crippen LogP contribution in [0.3, 0.4) is 0 Å². The van der Waals surface area contributed by atoms with E-state index in [1.54, 1.807) is 18.3 Å². The third-order valence-corrected chi connectivity index (χ3v) is 2.78. The summed E-state index contributed by atoms with van der Waals surface area (Å²) < 4.78 is 0. The van der Waals surface area contributed by atoms with Gasteiger partial charge in [0.2, 0.25) is 0 Å². The van der Waals surface area contributed by atoms with Crippen molar-refractivity contribution in [2.75, 3.05) is 5.73 Å². The molecule has 0 spiro atoms. The minimum Gasteiger partial charge on any atom is -0.384 e. The van der Waals surface area contributed by atoms with Crippen molar-refractivity contribution < 1.29 is 4.79 Å². The highest BCUT2D eigenvalue weighted by Gasteiger charge is 2.13. The molecular weight excluding hydrogens is 273 g/mol. The standard InChI is InChI=1S/C12H9Cl2N3O/c13-8-5-9(14)12(17-6-8)10(18)3-7-1-2-16-11(15)4-7/h1-2,4-6H,3H2,(H2,15,16). The number of halogens is 2. The van der Waals surface area contributed by atoms with Crippen molar-refractivity contribution in [3.63, 3.8) is 0 Å². The van der Waals surface area contributed by atoms with Crippen LogP contribution in [-0.4, -0.2) is 15.8 Å². The summed E-state index contributed by atoms with van der Waals surface area (Å²) in [6, 6.07) is 4.85. The fourth-order valence-electron chi connectivity index (χ4n) is 1.49. The van der Waals surface area contributed by atoms with E-state index >= 15 is 0 Å². The number of anilines is 1. The van der Waals surface area contributed by atoms with Crippen LogP contribution in [0.2, 0.25) is 10.0 Å². The normalized spacial score (nSPS) is 10.3. The Hall–Kier alpha value is -1.65. The second-order valence-corrected chi connectivity index (χ2v) is 4.52. The number of nitrogen functional groups attached to an aromatic ring is 1. The Morgan fingerprint density at radius 3 is 2.72 bits per heavy atom. The molecule has 0 aliphatic heterocycles. The Morgan fingerprint density at radius 1 is 1.28 bits per heavy atom. The van der Waals surface area contributed by atoms with Crippen molar-refractivity contribution in [2.24, 2.45) is 0 Å². The third-order valence-electron chi connectivity index (χ3n) is 2.28. The zero-order valence-electron chi connectivity index (χ0n) is 9.23. The van der Waals surface area contributed by atoms with E-state index in [-0.39, 0.29) is 22.9 Å². The maximum Gasteiger partial charge on any atom is 0.187 e. The van der Waals surface area contributed by atoms with Crippen LogP contribution in [0, 0.1) is 0 Å². The molecule has 2 N–H and O–H groups in total. The predicted molar refractivity (Wildman–Crippen MR) is 70.9 cm³/mol. The van der Waals surface area contributed by atoms with Gasteiger partial charge in [0.05, 0.1) is 10.0 Å². The van der Waals surface area contributed by atoms with Crippen molar-refractivity contribution in [1.82, 2.24) is 9.97 Å². The minimum atomic E-state index is -0.192. The van der Waals surface area contributed by atoms with Gasteiger partial charge in [-0.05, 0) is 23.8 Å². The van der Waals surface area contributed by atoms with E-state index in [1.165, 1.54) is 12.3 Å². The predicted octanol–water partition coefficient (Wildman–Crippen LogP) is 2.79. The van der Waals surface area contributed by atoms with Gasteiger partial charge in [0, 0.05) is 18.8 Å². The van der Waals surface area contributed by atoms with Gasteiger partial charge in [0.15, 0.2) is 5.78 Å². The van der Waals surface area contributed by atoms with Crippen LogP contribution >= 0.6 is 23.2 Å². The van der Waals surface area contributed by atoms with E-state index in [2.05, 4.69) is 9.97 Å². The molecule has 0 saturated carbocycles. The van der Waals surface area contributed by atoms with Gasteiger partial charge < -0.3 is 5.73 Å². The Morgan fingerprint density at radius 2 is 2.06 bits per heavy atom. The second kappa shape index (κ2) is 5.33. The number of ketones is 1. The van der Waals surface area contributed by atoms with Crippen LogP contribution in [0.4, 0.5) is 5.82 Å². The molecule has 0 saturated heterocycles. The Labute approximate surface area is 114 Å². The Balaban J connectivity index is 2.22. The van der Waals surface area contributed by atoms with Crippen molar-refractivity contribution >= 4 is 34.8 Å². The van der Waals surface area contributed by atoms with E-state index < -0.39 is 0 Å². The van der Waals surface area contributed by atoms with Crippen LogP contribution in [0.5, 0.6) is 0 Å². The van der Waals surface area contributed by atoms with Crippen molar-refractivity contribution in [3.8, 4) is 0 Å². The molecule has 0 aliphatic carbocycles. The molecule has 0 atom stereocenters. The number of nitrogens with zero attached hydrogens (tertiary/aromatic N) is 2. The van der Waals surface area contributed by atoms with Gasteiger partial charge in [-0.3, -0.25) is 4.79 Å². The molecule has 0 aromatic carbocycles. The zero-order valence-corrected chi connectivity index (χ0v) is 10.7. The summed E-state index contributed by atoms with van der Waals surface area (Å²) in [5.41, 5.74) is 6.51. The first-order chi connectivity index (χ1) is 8.56. The quantitative estimate of drug-likeness (QED) is 0.879. The molecule has 4 nitrogen and oxygen atoms in total. The first kappa shape index (κ1) is 12.8. The molecule has 92 valence electrons. The lowest BCUT2D eigenvalue weighted by atomic mass is 10.1. The number of pyridine rings is 2. The molecule has 6 heteroatoms. The van der Waals surface area contributed by atoms with E-state index in [0.29, 0.717) is 10.8 Å². The van der Waals surface area contributed by atoms with Crippen molar-refractivity contribution in [3.05, 3.63) is 51.9 Å². The molecule has 0 unspecified atom stereocenters. The van der Waals surface area contributed by atoms with Crippen LogP contribution in [-0.2, 0) is 6.42 Å². The topological polar surface area (TPSA) is 68.9 Å². The molecule has 2 heterocycles. The molecule has 0 aliphatic rings. The molecule has 18 heavy (non-hydrogen) atoms. The van der Waals surface area contributed by atoms with Crippen molar-refractivity contribution in [1.29, 1.82) is 0 Å². The fraction of sp³-hybridized carbons (Fsp3) is 0.0833. The van der Waals surface area contributed by atoms with Gasteiger partial charge in [-0.15, -0.1) is 0 Å². The summed E-state index contributed by atoms with van der Waals surface area (Å²) in [5.74, 6) is 0.178. The molecule has 0 bridgehead atoms. The van der Waals surface area contributed by atoms with Gasteiger partial charge in [-0.1, -0.05) is 23.2 Å². The molecule has 2 aromatic heterocycles. The fourth-order valence-corrected chi connectivity index (χ4v) is 1.98. The highest BCUT2D eigenvalue weighted by Crippen LogP contribution is 2.20. The number of rotatable bonds is 3. The number of nitrogens with two attached hydrogens (primary N) is 1. The molecule has 0 radical (unpaired) electrons. The van der Waals surface area contributed by atoms with Gasteiger partial charge in [0.1, 0.15) is 11.5 Å². The van der Waals surface area contributed by atoms with E-state index in [4.69, 9.17) is 28.9 Å². The van der Waals surface area contributed by atoms with Crippen LogP contribution in [0.1, 0.15) is 16.1 Å². The lowest BCUT2D eigenvalue weighted by Gasteiger charge is -2.03. The summed E-state index contributed by atoms with van der Waals surface area (Å²) in [7, 11) is 0. The number of Topliss-reactive ketones (excluding diaryl/α,β-unsaturated/α-hetero) is 1. The lowest BCUT2D eigenvalue weighted by Crippen LogP contribution is -2.07. The maximum atomic E-state index is 12.0. The number of hydrogen-bond donors (Lipinski definition) is 1. The minimum absolute atomic E-state index is 0.168. The number of carbonyl (C=O) groups is 1.